The molecule has 9 nitrogen and oxygen atoms in total. The van der Waals surface area contributed by atoms with Gasteiger partial charge in [0.15, 0.2) is 0 Å². The number of hydrogen-bond donors (Lipinski definition) is 1. The summed E-state index contributed by atoms with van der Waals surface area (Å²) in [6.45, 7) is 7.55. The van der Waals surface area contributed by atoms with Crippen molar-refractivity contribution in [2.45, 2.75) is 65.3 Å². The van der Waals surface area contributed by atoms with Crippen LogP contribution in [0.3, 0.4) is 0 Å². The number of hydrogen-bond acceptors (Lipinski definition) is 7. The number of rotatable bonds is 3. The molecule has 1 aliphatic heterocycles. The van der Waals surface area contributed by atoms with Crippen LogP contribution >= 0.6 is 0 Å². The first kappa shape index (κ1) is 19.8. The van der Waals surface area contributed by atoms with Gasteiger partial charge in [0.2, 0.25) is 5.82 Å². The van der Waals surface area contributed by atoms with Crippen molar-refractivity contribution < 1.29 is 4.79 Å². The molecule has 0 atom stereocenters. The predicted molar refractivity (Wildman–Crippen MR) is 116 cm³/mol. The molecular weight excluding hydrogens is 392 g/mol. The Hall–Kier alpha value is -3.10. The van der Waals surface area contributed by atoms with Crippen molar-refractivity contribution in [3.8, 4) is 0 Å². The molecule has 0 bridgehead atoms. The molecule has 2 aliphatic rings. The zero-order chi connectivity index (χ0) is 21.5. The van der Waals surface area contributed by atoms with Gasteiger partial charge in [0, 0.05) is 41.8 Å². The van der Waals surface area contributed by atoms with Crippen LogP contribution in [0, 0.1) is 20.8 Å². The van der Waals surface area contributed by atoms with Crippen molar-refractivity contribution in [3.63, 3.8) is 0 Å². The van der Waals surface area contributed by atoms with E-state index in [1.165, 1.54) is 24.1 Å². The molecule has 0 radical (unpaired) electrons. The zero-order valence-electron chi connectivity index (χ0n) is 18.4. The van der Waals surface area contributed by atoms with Gasteiger partial charge in [-0.2, -0.15) is 4.98 Å². The summed E-state index contributed by atoms with van der Waals surface area (Å²) in [4.78, 5) is 33.3. The summed E-state index contributed by atoms with van der Waals surface area (Å²) in [5.74, 6) is 2.34. The molecule has 3 aromatic heterocycles. The molecule has 31 heavy (non-hydrogen) atoms. The van der Waals surface area contributed by atoms with Crippen molar-refractivity contribution in [2.75, 3.05) is 18.0 Å². The Morgan fingerprint density at radius 2 is 1.81 bits per heavy atom. The Morgan fingerprint density at radius 1 is 1.03 bits per heavy atom. The van der Waals surface area contributed by atoms with Gasteiger partial charge < -0.3 is 10.2 Å². The molecule has 0 saturated carbocycles. The lowest BCUT2D eigenvalue weighted by Crippen LogP contribution is -2.45. The number of carbonyl (C=O) groups excluding carboxylic acids is 1. The SMILES string of the molecule is Cc1cc(C)n2nc(C(=O)NC3CCN(c4nc(C)nc5c4CCCC5)CC3)nc2n1. The highest BCUT2D eigenvalue weighted by atomic mass is 16.2. The lowest BCUT2D eigenvalue weighted by molar-refractivity contribution is 0.0920. The molecule has 1 saturated heterocycles. The highest BCUT2D eigenvalue weighted by Crippen LogP contribution is 2.29. The largest absolute Gasteiger partial charge is 0.356 e. The summed E-state index contributed by atoms with van der Waals surface area (Å²) in [5.41, 5.74) is 4.32. The van der Waals surface area contributed by atoms with Crippen LogP contribution in [0.2, 0.25) is 0 Å². The predicted octanol–water partition coefficient (Wildman–Crippen LogP) is 2.12. The van der Waals surface area contributed by atoms with Gasteiger partial charge in [0.05, 0.1) is 0 Å². The molecule has 1 N–H and O–H groups in total. The molecule has 1 fully saturated rings. The van der Waals surface area contributed by atoms with E-state index in [-0.39, 0.29) is 17.8 Å². The fraction of sp³-hybridized carbons (Fsp3) is 0.545. The Balaban J connectivity index is 1.26. The molecule has 0 aromatic carbocycles. The lowest BCUT2D eigenvalue weighted by Gasteiger charge is -2.35. The average Bonchev–Trinajstić information content (AvgIpc) is 3.18. The van der Waals surface area contributed by atoms with Crippen molar-refractivity contribution in [1.82, 2.24) is 34.9 Å². The van der Waals surface area contributed by atoms with Crippen LogP contribution < -0.4 is 10.2 Å². The number of aryl methyl sites for hydroxylation is 4. The highest BCUT2D eigenvalue weighted by molar-refractivity contribution is 5.91. The van der Waals surface area contributed by atoms with Gasteiger partial charge in [-0.3, -0.25) is 4.79 Å². The second kappa shape index (κ2) is 7.86. The normalized spacial score (nSPS) is 17.1. The van der Waals surface area contributed by atoms with Gasteiger partial charge in [-0.05, 0) is 65.4 Å². The van der Waals surface area contributed by atoms with Crippen molar-refractivity contribution in [3.05, 3.63) is 40.4 Å². The van der Waals surface area contributed by atoms with E-state index in [1.54, 1.807) is 4.52 Å². The van der Waals surface area contributed by atoms with Crippen LogP contribution in [0.4, 0.5) is 5.82 Å². The average molecular weight is 421 g/mol. The van der Waals surface area contributed by atoms with E-state index in [1.807, 2.05) is 26.8 Å². The van der Waals surface area contributed by atoms with E-state index < -0.39 is 0 Å². The second-order valence-electron chi connectivity index (χ2n) is 8.65. The maximum Gasteiger partial charge on any atom is 0.291 e. The fourth-order valence-corrected chi connectivity index (χ4v) is 4.70. The summed E-state index contributed by atoms with van der Waals surface area (Å²) in [5, 5.41) is 7.45. The van der Waals surface area contributed by atoms with E-state index in [9.17, 15) is 4.79 Å². The van der Waals surface area contributed by atoms with E-state index in [0.29, 0.717) is 5.78 Å². The minimum atomic E-state index is -0.240. The van der Waals surface area contributed by atoms with E-state index in [0.717, 1.165) is 61.8 Å². The molecule has 0 spiro atoms. The monoisotopic (exact) mass is 420 g/mol. The Morgan fingerprint density at radius 3 is 2.61 bits per heavy atom. The number of fused-ring (bicyclic) bond motifs is 2. The van der Waals surface area contributed by atoms with Crippen LogP contribution in [0.15, 0.2) is 6.07 Å². The van der Waals surface area contributed by atoms with Crippen LogP contribution in [0.1, 0.15) is 64.8 Å². The minimum absolute atomic E-state index is 0.102. The van der Waals surface area contributed by atoms with Crippen molar-refractivity contribution in [1.29, 1.82) is 0 Å². The quantitative estimate of drug-likeness (QED) is 0.692. The molecule has 162 valence electrons. The second-order valence-corrected chi connectivity index (χ2v) is 8.65. The van der Waals surface area contributed by atoms with E-state index in [2.05, 4.69) is 30.3 Å². The van der Waals surface area contributed by atoms with Crippen molar-refractivity contribution >= 4 is 17.5 Å². The zero-order valence-corrected chi connectivity index (χ0v) is 18.4. The number of aromatic nitrogens is 6. The maximum atomic E-state index is 12.8. The fourth-order valence-electron chi connectivity index (χ4n) is 4.70. The third kappa shape index (κ3) is 3.84. The lowest BCUT2D eigenvalue weighted by atomic mass is 9.95. The molecule has 9 heteroatoms. The molecule has 0 unspecified atom stereocenters. The van der Waals surface area contributed by atoms with E-state index in [4.69, 9.17) is 4.98 Å². The Kier molecular flexibility index (Phi) is 5.03. The summed E-state index contributed by atoms with van der Waals surface area (Å²) in [6, 6.07) is 2.03. The molecular formula is C22H28N8O. The number of nitrogens with one attached hydrogen (secondary N) is 1. The summed E-state index contributed by atoms with van der Waals surface area (Å²) in [6.07, 6.45) is 6.27. The molecule has 4 heterocycles. The molecule has 3 aromatic rings. The van der Waals surface area contributed by atoms with Gasteiger partial charge in [-0.1, -0.05) is 0 Å². The summed E-state index contributed by atoms with van der Waals surface area (Å²) >= 11 is 0. The van der Waals surface area contributed by atoms with Gasteiger partial charge in [0.25, 0.3) is 11.7 Å². The standard InChI is InChI=1S/C22H28N8O/c1-13-12-14(2)30-22(23-13)27-19(28-30)21(31)26-16-8-10-29(11-9-16)20-17-6-4-5-7-18(17)24-15(3)25-20/h12,16H,4-11H2,1-3H3,(H,26,31). The summed E-state index contributed by atoms with van der Waals surface area (Å²) < 4.78 is 1.62. The number of anilines is 1. The van der Waals surface area contributed by atoms with Crippen LogP contribution in [0.25, 0.3) is 5.78 Å². The number of carbonyl (C=O) groups is 1. The number of amides is 1. The summed E-state index contributed by atoms with van der Waals surface area (Å²) in [7, 11) is 0. The van der Waals surface area contributed by atoms with Gasteiger partial charge >= 0.3 is 0 Å². The third-order valence-corrected chi connectivity index (χ3v) is 6.22. The van der Waals surface area contributed by atoms with Gasteiger partial charge in [-0.25, -0.2) is 19.5 Å². The van der Waals surface area contributed by atoms with Crippen LogP contribution in [-0.4, -0.2) is 54.6 Å². The smallest absolute Gasteiger partial charge is 0.291 e. The van der Waals surface area contributed by atoms with Gasteiger partial charge in [-0.15, -0.1) is 5.10 Å². The molecule has 1 amide bonds. The number of nitrogens with zero attached hydrogens (tertiary/aromatic N) is 7. The van der Waals surface area contributed by atoms with Crippen LogP contribution in [-0.2, 0) is 12.8 Å². The number of piperidine rings is 1. The maximum absolute atomic E-state index is 12.8. The Labute approximate surface area is 181 Å². The first-order valence-electron chi connectivity index (χ1n) is 11.1. The van der Waals surface area contributed by atoms with Gasteiger partial charge in [0.1, 0.15) is 11.6 Å². The van der Waals surface area contributed by atoms with Crippen LogP contribution in [0.5, 0.6) is 0 Å². The molecule has 1 aliphatic carbocycles. The topological polar surface area (TPSA) is 101 Å². The van der Waals surface area contributed by atoms with Crippen molar-refractivity contribution in [2.24, 2.45) is 0 Å². The first-order valence-corrected chi connectivity index (χ1v) is 11.1. The first-order chi connectivity index (χ1) is 15.0. The molecule has 5 rings (SSSR count). The minimum Gasteiger partial charge on any atom is -0.356 e. The van der Waals surface area contributed by atoms with E-state index >= 15 is 0 Å². The Bertz CT molecular complexity index is 1150. The highest BCUT2D eigenvalue weighted by Gasteiger charge is 2.27. The third-order valence-electron chi connectivity index (χ3n) is 6.22.